The number of ether oxygens (including phenoxy) is 1. The molecule has 0 atom stereocenters. The van der Waals surface area contributed by atoms with Gasteiger partial charge in [-0.2, -0.15) is 0 Å². The molecular formula is C17H14ClFN2O4. The summed E-state index contributed by atoms with van der Waals surface area (Å²) < 4.78 is 18.0. The zero-order valence-corrected chi connectivity index (χ0v) is 13.9. The fourth-order valence-electron chi connectivity index (χ4n) is 1.89. The van der Waals surface area contributed by atoms with Crippen LogP contribution in [0.15, 0.2) is 42.5 Å². The molecule has 8 heteroatoms. The molecule has 2 aromatic rings. The number of hydrogen-bond acceptors (Lipinski definition) is 4. The van der Waals surface area contributed by atoms with Crippen molar-refractivity contribution in [3.05, 3.63) is 58.9 Å². The first kappa shape index (κ1) is 18.4. The monoisotopic (exact) mass is 364 g/mol. The van der Waals surface area contributed by atoms with Gasteiger partial charge >= 0.3 is 5.97 Å². The predicted octanol–water partition coefficient (Wildman–Crippen LogP) is 3.23. The highest BCUT2D eigenvalue weighted by Gasteiger charge is 2.12. The molecule has 0 saturated heterocycles. The molecule has 0 heterocycles. The second kappa shape index (κ2) is 8.25. The average Bonchev–Trinajstić information content (AvgIpc) is 2.56. The van der Waals surface area contributed by atoms with E-state index in [1.807, 2.05) is 0 Å². The SMILES string of the molecule is CC(=O)Nc1ccc(C(=O)OCC(=O)Nc2cc(F)ccc2Cl)cc1. The summed E-state index contributed by atoms with van der Waals surface area (Å²) in [5, 5.41) is 5.07. The molecule has 2 N–H and O–H groups in total. The normalized spacial score (nSPS) is 10.0. The summed E-state index contributed by atoms with van der Waals surface area (Å²) in [7, 11) is 0. The fraction of sp³-hybridized carbons (Fsp3) is 0.118. The van der Waals surface area contributed by atoms with Crippen molar-refractivity contribution in [3.8, 4) is 0 Å². The standard InChI is InChI=1S/C17H14ClFN2O4/c1-10(22)20-13-5-2-11(3-6-13)17(24)25-9-16(23)21-15-8-12(19)4-7-14(15)18/h2-8H,9H2,1H3,(H,20,22)(H,21,23). The van der Waals surface area contributed by atoms with Crippen molar-refractivity contribution in [3.63, 3.8) is 0 Å². The highest BCUT2D eigenvalue weighted by Crippen LogP contribution is 2.22. The number of amides is 2. The fourth-order valence-corrected chi connectivity index (χ4v) is 2.05. The first-order chi connectivity index (χ1) is 11.8. The number of hydrogen-bond donors (Lipinski definition) is 2. The molecule has 0 radical (unpaired) electrons. The molecule has 6 nitrogen and oxygen atoms in total. The molecule has 2 amide bonds. The van der Waals surface area contributed by atoms with Gasteiger partial charge in [-0.3, -0.25) is 9.59 Å². The molecule has 25 heavy (non-hydrogen) atoms. The van der Waals surface area contributed by atoms with Crippen molar-refractivity contribution in [2.24, 2.45) is 0 Å². The van der Waals surface area contributed by atoms with E-state index in [4.69, 9.17) is 16.3 Å². The largest absolute Gasteiger partial charge is 0.452 e. The van der Waals surface area contributed by atoms with Gasteiger partial charge < -0.3 is 15.4 Å². The van der Waals surface area contributed by atoms with Gasteiger partial charge in [0.25, 0.3) is 5.91 Å². The van der Waals surface area contributed by atoms with Gasteiger partial charge in [0.2, 0.25) is 5.91 Å². The summed E-state index contributed by atoms with van der Waals surface area (Å²) >= 11 is 5.83. The molecule has 0 aliphatic heterocycles. The number of rotatable bonds is 5. The van der Waals surface area contributed by atoms with E-state index in [9.17, 15) is 18.8 Å². The Morgan fingerprint density at radius 1 is 1.08 bits per heavy atom. The van der Waals surface area contributed by atoms with Crippen LogP contribution in [0.25, 0.3) is 0 Å². The maximum absolute atomic E-state index is 13.1. The second-order valence-electron chi connectivity index (χ2n) is 5.01. The van der Waals surface area contributed by atoms with Crippen molar-refractivity contribution in [2.45, 2.75) is 6.92 Å². The maximum atomic E-state index is 13.1. The van der Waals surface area contributed by atoms with E-state index < -0.39 is 24.3 Å². The van der Waals surface area contributed by atoms with Crippen LogP contribution < -0.4 is 10.6 Å². The lowest BCUT2D eigenvalue weighted by Crippen LogP contribution is -2.21. The third-order valence-electron chi connectivity index (χ3n) is 2.98. The van der Waals surface area contributed by atoms with E-state index in [0.29, 0.717) is 5.69 Å². The summed E-state index contributed by atoms with van der Waals surface area (Å²) in [6.45, 7) is 0.810. The summed E-state index contributed by atoms with van der Waals surface area (Å²) in [5.41, 5.74) is 0.829. The molecule has 0 bridgehead atoms. The summed E-state index contributed by atoms with van der Waals surface area (Å²) in [4.78, 5) is 34.6. The first-order valence-corrected chi connectivity index (χ1v) is 7.52. The maximum Gasteiger partial charge on any atom is 0.338 e. The Balaban J connectivity index is 1.89. The Morgan fingerprint density at radius 3 is 2.40 bits per heavy atom. The quantitative estimate of drug-likeness (QED) is 0.798. The average molecular weight is 365 g/mol. The molecule has 2 aromatic carbocycles. The molecule has 2 rings (SSSR count). The van der Waals surface area contributed by atoms with E-state index in [2.05, 4.69) is 10.6 Å². The van der Waals surface area contributed by atoms with E-state index >= 15 is 0 Å². The molecule has 0 saturated carbocycles. The topological polar surface area (TPSA) is 84.5 Å². The molecule has 0 fully saturated rings. The predicted molar refractivity (Wildman–Crippen MR) is 91.1 cm³/mol. The van der Waals surface area contributed by atoms with Crippen LogP contribution in [0.1, 0.15) is 17.3 Å². The second-order valence-corrected chi connectivity index (χ2v) is 5.41. The van der Waals surface area contributed by atoms with Gasteiger partial charge in [0.15, 0.2) is 6.61 Å². The van der Waals surface area contributed by atoms with Gasteiger partial charge in [-0.25, -0.2) is 9.18 Å². The number of esters is 1. The van der Waals surface area contributed by atoms with Crippen LogP contribution in [-0.4, -0.2) is 24.4 Å². The number of carbonyl (C=O) groups excluding carboxylic acids is 3. The van der Waals surface area contributed by atoms with Crippen LogP contribution >= 0.6 is 11.6 Å². The molecule has 0 aliphatic rings. The van der Waals surface area contributed by atoms with Crippen LogP contribution in [0, 0.1) is 5.82 Å². The number of nitrogens with one attached hydrogen (secondary N) is 2. The van der Waals surface area contributed by atoms with Crippen LogP contribution in [0.2, 0.25) is 5.02 Å². The zero-order valence-electron chi connectivity index (χ0n) is 13.1. The Kier molecular flexibility index (Phi) is 6.08. The minimum atomic E-state index is -0.713. The Labute approximate surface area is 147 Å². The minimum absolute atomic E-state index is 0.0855. The van der Waals surface area contributed by atoms with Gasteiger partial charge in [0, 0.05) is 12.6 Å². The molecule has 0 unspecified atom stereocenters. The Hall–Kier alpha value is -2.93. The van der Waals surface area contributed by atoms with E-state index in [1.54, 1.807) is 0 Å². The minimum Gasteiger partial charge on any atom is -0.452 e. The number of carbonyl (C=O) groups is 3. The Bertz CT molecular complexity index is 809. The molecule has 130 valence electrons. The smallest absolute Gasteiger partial charge is 0.338 e. The highest BCUT2D eigenvalue weighted by molar-refractivity contribution is 6.33. The third kappa shape index (κ3) is 5.58. The van der Waals surface area contributed by atoms with Gasteiger partial charge in [-0.15, -0.1) is 0 Å². The van der Waals surface area contributed by atoms with Crippen LogP contribution in [0.4, 0.5) is 15.8 Å². The highest BCUT2D eigenvalue weighted by atomic mass is 35.5. The number of anilines is 2. The van der Waals surface area contributed by atoms with Crippen molar-refractivity contribution in [2.75, 3.05) is 17.2 Å². The lowest BCUT2D eigenvalue weighted by atomic mass is 10.2. The Morgan fingerprint density at radius 2 is 1.76 bits per heavy atom. The molecular weight excluding hydrogens is 351 g/mol. The lowest BCUT2D eigenvalue weighted by Gasteiger charge is -2.08. The first-order valence-electron chi connectivity index (χ1n) is 7.15. The van der Waals surface area contributed by atoms with E-state index in [0.717, 1.165) is 12.1 Å². The van der Waals surface area contributed by atoms with Crippen LogP contribution in [-0.2, 0) is 14.3 Å². The summed E-state index contributed by atoms with van der Waals surface area (Å²) in [6, 6.07) is 9.49. The van der Waals surface area contributed by atoms with E-state index in [1.165, 1.54) is 37.3 Å². The van der Waals surface area contributed by atoms with Gasteiger partial charge in [0.05, 0.1) is 16.3 Å². The van der Waals surface area contributed by atoms with Gasteiger partial charge in [0.1, 0.15) is 5.82 Å². The number of halogens is 2. The van der Waals surface area contributed by atoms with Crippen molar-refractivity contribution < 1.29 is 23.5 Å². The number of benzene rings is 2. The van der Waals surface area contributed by atoms with Gasteiger partial charge in [-0.1, -0.05) is 11.6 Å². The van der Waals surface area contributed by atoms with Crippen LogP contribution in [0.3, 0.4) is 0 Å². The zero-order chi connectivity index (χ0) is 18.4. The third-order valence-corrected chi connectivity index (χ3v) is 3.31. The van der Waals surface area contributed by atoms with Crippen molar-refractivity contribution in [1.82, 2.24) is 0 Å². The van der Waals surface area contributed by atoms with E-state index in [-0.39, 0.29) is 22.2 Å². The molecule has 0 spiro atoms. The summed E-state index contributed by atoms with van der Waals surface area (Å²) in [5.74, 6) is -2.16. The van der Waals surface area contributed by atoms with Crippen molar-refractivity contribution in [1.29, 1.82) is 0 Å². The summed E-state index contributed by atoms with van der Waals surface area (Å²) in [6.07, 6.45) is 0. The lowest BCUT2D eigenvalue weighted by molar-refractivity contribution is -0.119. The molecule has 0 aromatic heterocycles. The van der Waals surface area contributed by atoms with Crippen molar-refractivity contribution >= 4 is 40.8 Å². The van der Waals surface area contributed by atoms with Gasteiger partial charge in [-0.05, 0) is 42.5 Å². The molecule has 0 aliphatic carbocycles. The van der Waals surface area contributed by atoms with Crippen LogP contribution in [0.5, 0.6) is 0 Å².